The summed E-state index contributed by atoms with van der Waals surface area (Å²) in [5, 5.41) is 10.9. The molecule has 13 heteroatoms. The van der Waals surface area contributed by atoms with Gasteiger partial charge in [-0.25, -0.2) is 13.4 Å². The number of fused-ring (bicyclic) bond motifs is 3. The topological polar surface area (TPSA) is 178 Å². The first-order valence-electron chi connectivity index (χ1n) is 13.7. The SMILES string of the molecule is CS(=O)(=O)c1c(C2C[C@H]3CC[C@H](C2)N3C(=O)c2cn[nH]c2N)nc2c(-c3ccc(-c4ccccc4)nc3)cnn2c1N. The lowest BCUT2D eigenvalue weighted by atomic mass is 9.87. The molecule has 2 aliphatic rings. The first-order chi connectivity index (χ1) is 20.2. The molecule has 1 aromatic carbocycles. The Morgan fingerprint density at radius 2 is 1.71 bits per heavy atom. The third kappa shape index (κ3) is 4.19. The van der Waals surface area contributed by atoms with Gasteiger partial charge in [-0.15, -0.1) is 0 Å². The maximum Gasteiger partial charge on any atom is 0.259 e. The molecule has 2 saturated heterocycles. The van der Waals surface area contributed by atoms with Gasteiger partial charge in [0.25, 0.3) is 5.91 Å². The first-order valence-corrected chi connectivity index (χ1v) is 15.6. The van der Waals surface area contributed by atoms with Crippen LogP contribution in [-0.2, 0) is 9.84 Å². The number of pyridine rings is 1. The van der Waals surface area contributed by atoms with Crippen LogP contribution in [-0.4, -0.2) is 67.3 Å². The number of carbonyl (C=O) groups excluding carboxylic acids is 1. The highest BCUT2D eigenvalue weighted by Gasteiger charge is 2.46. The quantitative estimate of drug-likeness (QED) is 0.280. The molecule has 2 aliphatic heterocycles. The van der Waals surface area contributed by atoms with Gasteiger partial charge in [0.05, 0.1) is 23.8 Å². The normalized spacial score (nSPS) is 20.3. The number of sulfone groups is 1. The summed E-state index contributed by atoms with van der Waals surface area (Å²) < 4.78 is 27.6. The van der Waals surface area contributed by atoms with Crippen LogP contribution in [0.1, 0.15) is 47.7 Å². The molecule has 0 radical (unpaired) electrons. The van der Waals surface area contributed by atoms with E-state index in [0.717, 1.165) is 35.9 Å². The fourth-order valence-electron chi connectivity index (χ4n) is 6.55. The number of nitrogen functional groups attached to an aromatic ring is 2. The van der Waals surface area contributed by atoms with Crippen molar-refractivity contribution >= 4 is 33.0 Å². The van der Waals surface area contributed by atoms with Crippen molar-refractivity contribution in [3.63, 3.8) is 0 Å². The van der Waals surface area contributed by atoms with Crippen molar-refractivity contribution in [1.29, 1.82) is 0 Å². The Balaban J connectivity index is 1.28. The summed E-state index contributed by atoms with van der Waals surface area (Å²) in [5.41, 5.74) is 17.0. The maximum absolute atomic E-state index is 13.4. The number of H-pyrrole nitrogens is 1. The minimum atomic E-state index is -3.75. The van der Waals surface area contributed by atoms with Gasteiger partial charge in [0, 0.05) is 47.1 Å². The molecule has 0 unspecified atom stereocenters. The molecule has 42 heavy (non-hydrogen) atoms. The number of aromatic nitrogens is 6. The average Bonchev–Trinajstić information content (AvgIpc) is 3.68. The molecule has 5 N–H and O–H groups in total. The van der Waals surface area contributed by atoms with E-state index in [1.54, 1.807) is 12.4 Å². The Kier molecular flexibility index (Phi) is 6.01. The number of amides is 1. The molecule has 2 atom stereocenters. The molecular weight excluding hydrogens is 554 g/mol. The summed E-state index contributed by atoms with van der Waals surface area (Å²) in [4.78, 5) is 24.8. The number of nitrogens with two attached hydrogens (primary N) is 2. The van der Waals surface area contributed by atoms with Gasteiger partial charge in [-0.3, -0.25) is 14.9 Å². The average molecular weight is 584 g/mol. The van der Waals surface area contributed by atoms with Gasteiger partial charge < -0.3 is 16.4 Å². The molecule has 12 nitrogen and oxygen atoms in total. The van der Waals surface area contributed by atoms with Crippen LogP contribution in [0.25, 0.3) is 28.0 Å². The molecule has 2 bridgehead atoms. The van der Waals surface area contributed by atoms with Gasteiger partial charge in [0.15, 0.2) is 15.5 Å². The number of anilines is 2. The third-order valence-corrected chi connectivity index (χ3v) is 9.59. The van der Waals surface area contributed by atoms with E-state index in [9.17, 15) is 13.2 Å². The number of hydrogen-bond donors (Lipinski definition) is 3. The van der Waals surface area contributed by atoms with Crippen molar-refractivity contribution < 1.29 is 13.2 Å². The van der Waals surface area contributed by atoms with Gasteiger partial charge in [0.1, 0.15) is 22.1 Å². The zero-order valence-electron chi connectivity index (χ0n) is 22.8. The molecule has 6 heterocycles. The number of rotatable bonds is 5. The number of hydrogen-bond acceptors (Lipinski definition) is 9. The Morgan fingerprint density at radius 1 is 0.976 bits per heavy atom. The summed E-state index contributed by atoms with van der Waals surface area (Å²) in [7, 11) is -3.75. The van der Waals surface area contributed by atoms with Gasteiger partial charge in [0.2, 0.25) is 0 Å². The summed E-state index contributed by atoms with van der Waals surface area (Å²) >= 11 is 0. The lowest BCUT2D eigenvalue weighted by Crippen LogP contribution is -2.46. The molecule has 2 fully saturated rings. The Labute approximate surface area is 241 Å². The van der Waals surface area contributed by atoms with Crippen molar-refractivity contribution in [2.45, 2.75) is 48.6 Å². The van der Waals surface area contributed by atoms with E-state index in [4.69, 9.17) is 16.5 Å². The largest absolute Gasteiger partial charge is 0.383 e. The van der Waals surface area contributed by atoms with Gasteiger partial charge >= 0.3 is 0 Å². The van der Waals surface area contributed by atoms with Crippen molar-refractivity contribution in [2.24, 2.45) is 0 Å². The van der Waals surface area contributed by atoms with Crippen molar-refractivity contribution in [1.82, 2.24) is 34.7 Å². The zero-order chi connectivity index (χ0) is 29.2. The minimum absolute atomic E-state index is 0.00884. The number of nitrogens with zero attached hydrogens (tertiary/aromatic N) is 6. The second-order valence-corrected chi connectivity index (χ2v) is 13.0. The highest BCUT2D eigenvalue weighted by atomic mass is 32.2. The van der Waals surface area contributed by atoms with Crippen molar-refractivity contribution in [3.8, 4) is 22.4 Å². The van der Waals surface area contributed by atoms with Gasteiger partial charge in [-0.1, -0.05) is 36.4 Å². The standard InChI is InChI=1S/C29H29N9O3S/c1-42(40,41)25-24(18-11-19-8-9-20(12-18)37(19)29(39)22-14-33-36-26(22)30)35-28-21(15-34-38(28)27(25)31)17-7-10-23(32-13-17)16-5-3-2-4-6-16/h2-7,10,13-15,18-20H,8-9,11-12,31H2,1H3,(H3,30,33,36)/t19-,20-/m1/s1. The highest BCUT2D eigenvalue weighted by Crippen LogP contribution is 2.46. The van der Waals surface area contributed by atoms with E-state index in [-0.39, 0.29) is 40.4 Å². The number of benzene rings is 1. The molecule has 4 aromatic heterocycles. The minimum Gasteiger partial charge on any atom is -0.383 e. The molecule has 0 spiro atoms. The van der Waals surface area contributed by atoms with E-state index in [0.29, 0.717) is 35.3 Å². The molecule has 214 valence electrons. The Morgan fingerprint density at radius 3 is 2.33 bits per heavy atom. The summed E-state index contributed by atoms with van der Waals surface area (Å²) in [6.45, 7) is 0. The molecule has 5 aromatic rings. The smallest absolute Gasteiger partial charge is 0.259 e. The van der Waals surface area contributed by atoms with Crippen LogP contribution < -0.4 is 11.5 Å². The van der Waals surface area contributed by atoms with Crippen LogP contribution in [0.4, 0.5) is 11.6 Å². The maximum atomic E-state index is 13.4. The summed E-state index contributed by atoms with van der Waals surface area (Å²) in [5.74, 6) is -0.121. The monoisotopic (exact) mass is 583 g/mol. The fourth-order valence-corrected chi connectivity index (χ4v) is 7.61. The fraction of sp³-hybridized carbons (Fsp3) is 0.276. The Hall–Kier alpha value is -4.78. The van der Waals surface area contributed by atoms with Crippen LogP contribution >= 0.6 is 0 Å². The van der Waals surface area contributed by atoms with Crippen LogP contribution in [0.2, 0.25) is 0 Å². The molecule has 7 rings (SSSR count). The number of nitrogens with one attached hydrogen (secondary N) is 1. The van der Waals surface area contributed by atoms with Crippen molar-refractivity contribution in [3.05, 3.63) is 72.3 Å². The van der Waals surface area contributed by atoms with E-state index >= 15 is 0 Å². The predicted octanol–water partition coefficient (Wildman–Crippen LogP) is 3.30. The predicted molar refractivity (Wildman–Crippen MR) is 157 cm³/mol. The number of aromatic amines is 1. The van der Waals surface area contributed by atoms with E-state index < -0.39 is 9.84 Å². The second-order valence-electron chi connectivity index (χ2n) is 11.0. The van der Waals surface area contributed by atoms with E-state index in [2.05, 4.69) is 20.3 Å². The van der Waals surface area contributed by atoms with Crippen molar-refractivity contribution in [2.75, 3.05) is 17.7 Å². The summed E-state index contributed by atoms with van der Waals surface area (Å²) in [6, 6.07) is 13.6. The number of piperidine rings is 1. The van der Waals surface area contributed by atoms with E-state index in [1.807, 2.05) is 47.4 Å². The Bertz CT molecular complexity index is 1920. The molecule has 0 saturated carbocycles. The van der Waals surface area contributed by atoms with Crippen LogP contribution in [0.15, 0.2) is 66.0 Å². The zero-order valence-corrected chi connectivity index (χ0v) is 23.6. The van der Waals surface area contributed by atoms with Crippen LogP contribution in [0, 0.1) is 0 Å². The van der Waals surface area contributed by atoms with Gasteiger partial charge in [-0.2, -0.15) is 14.7 Å². The summed E-state index contributed by atoms with van der Waals surface area (Å²) in [6.07, 6.45) is 8.72. The molecule has 1 amide bonds. The second kappa shape index (κ2) is 9.65. The molecular formula is C29H29N9O3S. The van der Waals surface area contributed by atoms with Crippen LogP contribution in [0.3, 0.4) is 0 Å². The highest BCUT2D eigenvalue weighted by molar-refractivity contribution is 7.91. The van der Waals surface area contributed by atoms with Crippen LogP contribution in [0.5, 0.6) is 0 Å². The third-order valence-electron chi connectivity index (χ3n) is 8.43. The first kappa shape index (κ1) is 26.1. The van der Waals surface area contributed by atoms with Gasteiger partial charge in [-0.05, 0) is 31.7 Å². The van der Waals surface area contributed by atoms with E-state index in [1.165, 1.54) is 10.7 Å². The lowest BCUT2D eigenvalue weighted by Gasteiger charge is -2.39. The molecule has 0 aliphatic carbocycles. The number of carbonyl (C=O) groups is 1. The lowest BCUT2D eigenvalue weighted by molar-refractivity contribution is 0.0569.